The Morgan fingerprint density at radius 3 is 2.76 bits per heavy atom. The molecule has 0 bridgehead atoms. The number of carbonyl (C=O) groups excluding carboxylic acids is 1. The number of anilines is 1. The van der Waals surface area contributed by atoms with Crippen LogP contribution in [0, 0.1) is 18.2 Å². The average molecular weight is 338 g/mol. The summed E-state index contributed by atoms with van der Waals surface area (Å²) in [7, 11) is 0. The molecule has 1 aliphatic carbocycles. The molecule has 0 atom stereocenters. The molecule has 0 saturated carbocycles. The average Bonchev–Trinajstić information content (AvgIpc) is 2.82. The monoisotopic (exact) mass is 338 g/mol. The molecule has 4 rings (SSSR count). The van der Waals surface area contributed by atoms with Crippen LogP contribution in [0.5, 0.6) is 0 Å². The maximum atomic E-state index is 13.6. The Kier molecular flexibility index (Phi) is 3.22. The normalized spacial score (nSPS) is 16.2. The van der Waals surface area contributed by atoms with Gasteiger partial charge in [0, 0.05) is 6.42 Å². The van der Waals surface area contributed by atoms with E-state index in [-0.39, 0.29) is 17.0 Å². The number of aromatic nitrogens is 3. The lowest BCUT2D eigenvalue weighted by Crippen LogP contribution is -2.29. The second kappa shape index (κ2) is 5.12. The minimum atomic E-state index is -0.346. The molecule has 0 fully saturated rings. The number of nitrogens with zero attached hydrogens (tertiary/aromatic N) is 3. The molecule has 2 N–H and O–H groups in total. The van der Waals surface area contributed by atoms with Crippen LogP contribution in [0.4, 0.5) is 10.1 Å². The van der Waals surface area contributed by atoms with E-state index in [4.69, 9.17) is 10.7 Å². The largest absolute Gasteiger partial charge is 0.397 e. The Labute approximate surface area is 144 Å². The number of ketones is 1. The Morgan fingerprint density at radius 1 is 1.28 bits per heavy atom. The first-order valence-corrected chi connectivity index (χ1v) is 8.24. The summed E-state index contributed by atoms with van der Waals surface area (Å²) < 4.78 is 15.2. The van der Waals surface area contributed by atoms with Crippen LogP contribution in [0.2, 0.25) is 0 Å². The van der Waals surface area contributed by atoms with E-state index >= 15 is 0 Å². The second-order valence-corrected chi connectivity index (χ2v) is 7.46. The standard InChI is InChI=1S/C19H19FN4O/c1-10-15-17(21)16-13(8-19(2,3)9-14(16)25)22-18(15)24(23-10)12-6-4-5-11(20)7-12/h4-7H,8-9H2,1-3H3,(H2,21,22). The van der Waals surface area contributed by atoms with E-state index in [2.05, 4.69) is 5.10 Å². The van der Waals surface area contributed by atoms with Crippen LogP contribution in [-0.2, 0) is 6.42 Å². The number of pyridine rings is 1. The van der Waals surface area contributed by atoms with Crippen molar-refractivity contribution in [3.8, 4) is 5.69 Å². The molecule has 0 spiro atoms. The molecule has 5 nitrogen and oxygen atoms in total. The number of Topliss-reactive ketones (excluding diaryl/α,β-unsaturated/α-hetero) is 1. The summed E-state index contributed by atoms with van der Waals surface area (Å²) in [5.41, 5.74) is 9.65. The lowest BCUT2D eigenvalue weighted by molar-refractivity contribution is 0.0912. The van der Waals surface area contributed by atoms with Gasteiger partial charge in [0.1, 0.15) is 5.82 Å². The summed E-state index contributed by atoms with van der Waals surface area (Å²) in [4.78, 5) is 17.3. The number of halogens is 1. The number of rotatable bonds is 1. The molecule has 1 aliphatic rings. The third kappa shape index (κ3) is 2.40. The number of benzene rings is 1. The summed E-state index contributed by atoms with van der Waals surface area (Å²) in [6.07, 6.45) is 1.12. The lowest BCUT2D eigenvalue weighted by atomic mass is 9.75. The van der Waals surface area contributed by atoms with Gasteiger partial charge in [-0.2, -0.15) is 5.10 Å². The highest BCUT2D eigenvalue weighted by Gasteiger charge is 2.35. The van der Waals surface area contributed by atoms with Crippen LogP contribution in [0.3, 0.4) is 0 Å². The van der Waals surface area contributed by atoms with Crippen molar-refractivity contribution in [1.82, 2.24) is 14.8 Å². The van der Waals surface area contributed by atoms with E-state index in [1.54, 1.807) is 16.8 Å². The lowest BCUT2D eigenvalue weighted by Gasteiger charge is -2.30. The molecule has 0 amide bonds. The molecule has 1 aromatic carbocycles. The molecule has 128 valence electrons. The zero-order chi connectivity index (χ0) is 17.9. The van der Waals surface area contributed by atoms with Crippen molar-refractivity contribution in [1.29, 1.82) is 0 Å². The SMILES string of the molecule is Cc1nn(-c2cccc(F)c2)c2nc3c(c(N)c12)C(=O)CC(C)(C)C3. The molecule has 2 aromatic heterocycles. The maximum absolute atomic E-state index is 13.6. The van der Waals surface area contributed by atoms with E-state index in [0.29, 0.717) is 52.2 Å². The molecular formula is C19H19FN4O. The first kappa shape index (κ1) is 15.7. The highest BCUT2D eigenvalue weighted by atomic mass is 19.1. The van der Waals surface area contributed by atoms with Gasteiger partial charge >= 0.3 is 0 Å². The molecule has 0 unspecified atom stereocenters. The number of nitrogen functional groups attached to an aromatic ring is 1. The van der Waals surface area contributed by atoms with Crippen molar-refractivity contribution in [3.63, 3.8) is 0 Å². The topological polar surface area (TPSA) is 73.8 Å². The summed E-state index contributed by atoms with van der Waals surface area (Å²) in [5, 5.41) is 5.15. The predicted octanol–water partition coefficient (Wildman–Crippen LogP) is 3.61. The molecule has 25 heavy (non-hydrogen) atoms. The third-order valence-corrected chi connectivity index (χ3v) is 4.72. The first-order valence-electron chi connectivity index (χ1n) is 8.24. The number of carbonyl (C=O) groups is 1. The smallest absolute Gasteiger partial charge is 0.167 e. The van der Waals surface area contributed by atoms with Gasteiger partial charge in [0.25, 0.3) is 0 Å². The molecule has 0 saturated heterocycles. The zero-order valence-electron chi connectivity index (χ0n) is 14.4. The second-order valence-electron chi connectivity index (χ2n) is 7.46. The van der Waals surface area contributed by atoms with Crippen molar-refractivity contribution < 1.29 is 9.18 Å². The van der Waals surface area contributed by atoms with Crippen LogP contribution in [0.25, 0.3) is 16.7 Å². The number of hydrogen-bond donors (Lipinski definition) is 1. The van der Waals surface area contributed by atoms with Crippen molar-refractivity contribution in [2.24, 2.45) is 5.41 Å². The minimum absolute atomic E-state index is 0.0241. The van der Waals surface area contributed by atoms with Gasteiger partial charge in [0.15, 0.2) is 11.4 Å². The van der Waals surface area contributed by atoms with E-state index in [0.717, 1.165) is 0 Å². The Hall–Kier alpha value is -2.76. The Morgan fingerprint density at radius 2 is 2.04 bits per heavy atom. The van der Waals surface area contributed by atoms with Gasteiger partial charge in [-0.05, 0) is 37.0 Å². The van der Waals surface area contributed by atoms with Crippen molar-refractivity contribution >= 4 is 22.5 Å². The molecular weight excluding hydrogens is 319 g/mol. The van der Waals surface area contributed by atoms with Crippen LogP contribution in [0.15, 0.2) is 24.3 Å². The number of fused-ring (bicyclic) bond motifs is 2. The van der Waals surface area contributed by atoms with Gasteiger partial charge in [0.2, 0.25) is 0 Å². The maximum Gasteiger partial charge on any atom is 0.167 e. The number of nitrogens with two attached hydrogens (primary N) is 1. The zero-order valence-corrected chi connectivity index (χ0v) is 14.4. The van der Waals surface area contributed by atoms with Gasteiger partial charge in [-0.3, -0.25) is 4.79 Å². The minimum Gasteiger partial charge on any atom is -0.397 e. The molecule has 0 radical (unpaired) electrons. The highest BCUT2D eigenvalue weighted by molar-refractivity contribution is 6.09. The van der Waals surface area contributed by atoms with Crippen molar-refractivity contribution in [2.75, 3.05) is 5.73 Å². The summed E-state index contributed by atoms with van der Waals surface area (Å²) >= 11 is 0. The van der Waals surface area contributed by atoms with Crippen molar-refractivity contribution in [2.45, 2.75) is 33.6 Å². The van der Waals surface area contributed by atoms with Crippen LogP contribution in [-0.4, -0.2) is 20.5 Å². The van der Waals surface area contributed by atoms with Crippen molar-refractivity contribution in [3.05, 3.63) is 47.0 Å². The fraction of sp³-hybridized carbons (Fsp3) is 0.316. The Balaban J connectivity index is 2.04. The van der Waals surface area contributed by atoms with Gasteiger partial charge in [-0.15, -0.1) is 0 Å². The van der Waals surface area contributed by atoms with Crippen LogP contribution < -0.4 is 5.73 Å². The Bertz CT molecular complexity index is 1040. The molecule has 3 aromatic rings. The summed E-state index contributed by atoms with van der Waals surface area (Å²) in [6, 6.07) is 6.18. The molecule has 2 heterocycles. The molecule has 6 heteroatoms. The quantitative estimate of drug-likeness (QED) is 0.735. The summed E-state index contributed by atoms with van der Waals surface area (Å²) in [6.45, 7) is 5.91. The van der Waals surface area contributed by atoms with E-state index in [1.165, 1.54) is 12.1 Å². The third-order valence-electron chi connectivity index (χ3n) is 4.72. The highest BCUT2D eigenvalue weighted by Crippen LogP contribution is 2.39. The van der Waals surface area contributed by atoms with Crippen LogP contribution >= 0.6 is 0 Å². The van der Waals surface area contributed by atoms with E-state index in [1.807, 2.05) is 20.8 Å². The van der Waals surface area contributed by atoms with Crippen LogP contribution in [0.1, 0.15) is 42.0 Å². The molecule has 0 aliphatic heterocycles. The summed E-state index contributed by atoms with van der Waals surface area (Å²) in [5.74, 6) is -0.322. The van der Waals surface area contributed by atoms with Gasteiger partial charge in [-0.1, -0.05) is 19.9 Å². The van der Waals surface area contributed by atoms with E-state index in [9.17, 15) is 9.18 Å². The fourth-order valence-corrected chi connectivity index (χ4v) is 3.66. The van der Waals surface area contributed by atoms with Gasteiger partial charge in [-0.25, -0.2) is 14.1 Å². The number of aryl methyl sites for hydroxylation is 1. The first-order chi connectivity index (χ1) is 11.8. The van der Waals surface area contributed by atoms with Gasteiger partial charge in [0.05, 0.1) is 33.7 Å². The number of hydrogen-bond acceptors (Lipinski definition) is 4. The van der Waals surface area contributed by atoms with Gasteiger partial charge < -0.3 is 5.73 Å². The predicted molar refractivity (Wildman–Crippen MR) is 94.4 cm³/mol. The van der Waals surface area contributed by atoms with E-state index < -0.39 is 0 Å². The fourth-order valence-electron chi connectivity index (χ4n) is 3.66.